The molecule has 1 aromatic carbocycles. The number of anilines is 2. The van der Waals surface area contributed by atoms with Gasteiger partial charge in [-0.1, -0.05) is 0 Å². The van der Waals surface area contributed by atoms with Gasteiger partial charge in [0.25, 0.3) is 5.91 Å². The maximum Gasteiger partial charge on any atom is 0.254 e. The number of carbonyl (C=O) groups excluding carboxylic acids is 1. The first-order valence-electron chi connectivity index (χ1n) is 10.0. The number of aromatic nitrogens is 4. The Morgan fingerprint density at radius 2 is 1.66 bits per heavy atom. The molecule has 2 fully saturated rings. The van der Waals surface area contributed by atoms with Crippen molar-refractivity contribution in [1.29, 1.82) is 0 Å². The van der Waals surface area contributed by atoms with Crippen LogP contribution in [0.2, 0.25) is 0 Å². The lowest BCUT2D eigenvalue weighted by Gasteiger charge is -2.35. The van der Waals surface area contributed by atoms with Crippen molar-refractivity contribution in [2.75, 3.05) is 49.1 Å². The van der Waals surface area contributed by atoms with Crippen LogP contribution in [0.25, 0.3) is 11.0 Å². The second-order valence-corrected chi connectivity index (χ2v) is 8.14. The minimum atomic E-state index is 0.0520. The predicted molar refractivity (Wildman–Crippen MR) is 114 cm³/mol. The highest BCUT2D eigenvalue weighted by molar-refractivity contribution is 7.00. The fraction of sp³-hybridized carbons (Fsp3) is 0.450. The van der Waals surface area contributed by atoms with Crippen LogP contribution in [-0.2, 0) is 0 Å². The summed E-state index contributed by atoms with van der Waals surface area (Å²) in [6, 6.07) is 7.59. The van der Waals surface area contributed by atoms with E-state index in [9.17, 15) is 4.79 Å². The molecule has 0 N–H and O–H groups in total. The number of carbonyl (C=O) groups is 1. The molecular weight excluding hydrogens is 386 g/mol. The molecule has 0 bridgehead atoms. The van der Waals surface area contributed by atoms with Crippen LogP contribution in [0.15, 0.2) is 24.3 Å². The highest BCUT2D eigenvalue weighted by atomic mass is 32.1. The zero-order valence-corrected chi connectivity index (χ0v) is 17.2. The number of hydrogen-bond donors (Lipinski definition) is 0. The standard InChI is InChI=1S/C20H23N7OS/c1-14-12-18(22-20(21-14)27-6-2-3-7-27)25-8-10-26(11-9-25)19(28)15-4-5-16-17(13-15)24-29-23-16/h4-5,12-13H,2-3,6-11H2,1H3. The van der Waals surface area contributed by atoms with Crippen molar-refractivity contribution in [3.05, 3.63) is 35.5 Å². The van der Waals surface area contributed by atoms with E-state index in [4.69, 9.17) is 4.98 Å². The van der Waals surface area contributed by atoms with E-state index in [0.717, 1.165) is 54.7 Å². The molecule has 2 aromatic heterocycles. The molecule has 0 radical (unpaired) electrons. The average Bonchev–Trinajstić information content (AvgIpc) is 3.44. The second kappa shape index (κ2) is 7.55. The Bertz CT molecular complexity index is 1040. The highest BCUT2D eigenvalue weighted by Gasteiger charge is 2.24. The summed E-state index contributed by atoms with van der Waals surface area (Å²) in [6.45, 7) is 6.97. The first-order chi connectivity index (χ1) is 14.2. The van der Waals surface area contributed by atoms with Crippen LogP contribution in [-0.4, -0.2) is 68.8 Å². The molecule has 5 rings (SSSR count). The number of hydrogen-bond acceptors (Lipinski definition) is 8. The molecule has 29 heavy (non-hydrogen) atoms. The van der Waals surface area contributed by atoms with E-state index < -0.39 is 0 Å². The fourth-order valence-corrected chi connectivity index (χ4v) is 4.51. The van der Waals surface area contributed by atoms with Crippen LogP contribution in [0.1, 0.15) is 28.9 Å². The van der Waals surface area contributed by atoms with Gasteiger partial charge in [0.15, 0.2) is 0 Å². The third-order valence-electron chi connectivity index (χ3n) is 5.61. The molecule has 2 saturated heterocycles. The maximum absolute atomic E-state index is 12.9. The monoisotopic (exact) mass is 409 g/mol. The Hall–Kier alpha value is -2.81. The number of amides is 1. The number of fused-ring (bicyclic) bond motifs is 1. The molecule has 150 valence electrons. The average molecular weight is 410 g/mol. The summed E-state index contributed by atoms with van der Waals surface area (Å²) in [5.74, 6) is 1.85. The van der Waals surface area contributed by atoms with Crippen molar-refractivity contribution in [1.82, 2.24) is 23.6 Å². The van der Waals surface area contributed by atoms with Gasteiger partial charge in [0.2, 0.25) is 5.95 Å². The van der Waals surface area contributed by atoms with Crippen molar-refractivity contribution in [3.63, 3.8) is 0 Å². The summed E-state index contributed by atoms with van der Waals surface area (Å²) >= 11 is 1.17. The van der Waals surface area contributed by atoms with Gasteiger partial charge in [-0.3, -0.25) is 4.79 Å². The summed E-state index contributed by atoms with van der Waals surface area (Å²) < 4.78 is 8.44. The molecule has 2 aliphatic heterocycles. The molecule has 3 aromatic rings. The van der Waals surface area contributed by atoms with Crippen LogP contribution in [0.4, 0.5) is 11.8 Å². The Kier molecular flexibility index (Phi) is 4.75. The first-order valence-corrected chi connectivity index (χ1v) is 10.8. The van der Waals surface area contributed by atoms with Crippen LogP contribution >= 0.6 is 11.7 Å². The molecule has 2 aliphatic rings. The normalized spacial score (nSPS) is 17.3. The second-order valence-electron chi connectivity index (χ2n) is 7.61. The summed E-state index contributed by atoms with van der Waals surface area (Å²) in [5.41, 5.74) is 3.28. The Labute approximate surface area is 173 Å². The predicted octanol–water partition coefficient (Wildman–Crippen LogP) is 2.35. The van der Waals surface area contributed by atoms with Crippen LogP contribution in [0.5, 0.6) is 0 Å². The van der Waals surface area contributed by atoms with E-state index in [1.807, 2.05) is 36.1 Å². The zero-order valence-electron chi connectivity index (χ0n) is 16.4. The summed E-state index contributed by atoms with van der Waals surface area (Å²) in [4.78, 5) is 28.8. The third kappa shape index (κ3) is 3.62. The summed E-state index contributed by atoms with van der Waals surface area (Å²) in [6.07, 6.45) is 2.41. The van der Waals surface area contributed by atoms with Gasteiger partial charge in [-0.15, -0.1) is 0 Å². The highest BCUT2D eigenvalue weighted by Crippen LogP contribution is 2.22. The minimum Gasteiger partial charge on any atom is -0.353 e. The molecule has 0 spiro atoms. The molecular formula is C20H23N7OS. The van der Waals surface area contributed by atoms with Crippen molar-refractivity contribution in [2.24, 2.45) is 0 Å². The molecule has 8 nitrogen and oxygen atoms in total. The van der Waals surface area contributed by atoms with Crippen LogP contribution < -0.4 is 9.80 Å². The van der Waals surface area contributed by atoms with Crippen LogP contribution in [0, 0.1) is 6.92 Å². The largest absolute Gasteiger partial charge is 0.353 e. The lowest BCUT2D eigenvalue weighted by atomic mass is 10.1. The van der Waals surface area contributed by atoms with E-state index in [2.05, 4.69) is 23.5 Å². The Morgan fingerprint density at radius 1 is 0.897 bits per heavy atom. The van der Waals surface area contributed by atoms with Crippen molar-refractivity contribution in [2.45, 2.75) is 19.8 Å². The van der Waals surface area contributed by atoms with E-state index in [1.165, 1.54) is 24.6 Å². The fourth-order valence-electron chi connectivity index (χ4n) is 3.99. The zero-order chi connectivity index (χ0) is 19.8. The molecule has 0 aliphatic carbocycles. The first kappa shape index (κ1) is 18.2. The summed E-state index contributed by atoms with van der Waals surface area (Å²) in [7, 11) is 0. The third-order valence-corrected chi connectivity index (χ3v) is 6.17. The molecule has 4 heterocycles. The number of piperazine rings is 1. The molecule has 0 saturated carbocycles. The van der Waals surface area contributed by atoms with Crippen molar-refractivity contribution >= 4 is 40.4 Å². The van der Waals surface area contributed by atoms with Crippen molar-refractivity contribution < 1.29 is 4.79 Å². The van der Waals surface area contributed by atoms with Crippen LogP contribution in [0.3, 0.4) is 0 Å². The topological polar surface area (TPSA) is 78.3 Å². The Balaban J connectivity index is 1.28. The van der Waals surface area contributed by atoms with E-state index in [0.29, 0.717) is 18.7 Å². The number of benzene rings is 1. The van der Waals surface area contributed by atoms with Gasteiger partial charge >= 0.3 is 0 Å². The molecule has 1 amide bonds. The van der Waals surface area contributed by atoms with Gasteiger partial charge < -0.3 is 14.7 Å². The molecule has 0 unspecified atom stereocenters. The van der Waals surface area contributed by atoms with Crippen molar-refractivity contribution in [3.8, 4) is 0 Å². The number of nitrogens with zero attached hydrogens (tertiary/aromatic N) is 7. The van der Waals surface area contributed by atoms with Gasteiger partial charge in [0.1, 0.15) is 16.9 Å². The van der Waals surface area contributed by atoms with Gasteiger partial charge in [-0.25, -0.2) is 4.98 Å². The van der Waals surface area contributed by atoms with E-state index in [-0.39, 0.29) is 5.91 Å². The number of aryl methyl sites for hydroxylation is 1. The SMILES string of the molecule is Cc1cc(N2CCN(C(=O)c3ccc4nsnc4c3)CC2)nc(N2CCCC2)n1. The maximum atomic E-state index is 12.9. The smallest absolute Gasteiger partial charge is 0.254 e. The summed E-state index contributed by atoms with van der Waals surface area (Å²) in [5, 5.41) is 0. The van der Waals surface area contributed by atoms with Gasteiger partial charge in [-0.2, -0.15) is 13.7 Å². The quantitative estimate of drug-likeness (QED) is 0.657. The molecule has 0 atom stereocenters. The van der Waals surface area contributed by atoms with Gasteiger partial charge in [0.05, 0.1) is 11.7 Å². The number of rotatable bonds is 3. The van der Waals surface area contributed by atoms with E-state index in [1.54, 1.807) is 0 Å². The van der Waals surface area contributed by atoms with Gasteiger partial charge in [-0.05, 0) is 38.0 Å². The lowest BCUT2D eigenvalue weighted by molar-refractivity contribution is 0.0746. The van der Waals surface area contributed by atoms with E-state index >= 15 is 0 Å². The minimum absolute atomic E-state index is 0.0520. The Morgan fingerprint density at radius 3 is 2.45 bits per heavy atom. The van der Waals surface area contributed by atoms with Gasteiger partial charge in [0, 0.05) is 56.6 Å². The molecule has 9 heteroatoms. The lowest BCUT2D eigenvalue weighted by Crippen LogP contribution is -2.49.